The zero-order valence-corrected chi connectivity index (χ0v) is 12.1. The normalized spacial score (nSPS) is 12.8. The molecule has 5 heteroatoms. The number of hydrogen-bond acceptors (Lipinski definition) is 3. The van der Waals surface area contributed by atoms with Gasteiger partial charge in [-0.15, -0.1) is 11.3 Å². The molecule has 3 nitrogen and oxygen atoms in total. The van der Waals surface area contributed by atoms with Gasteiger partial charge in [-0.3, -0.25) is 4.79 Å². The Morgan fingerprint density at radius 1 is 1.50 bits per heavy atom. The second-order valence-corrected chi connectivity index (χ2v) is 5.93. The van der Waals surface area contributed by atoms with Crippen molar-refractivity contribution in [2.24, 2.45) is 5.73 Å². The Labute approximate surface area is 118 Å². The van der Waals surface area contributed by atoms with Crippen LogP contribution >= 0.6 is 27.3 Å². The Bertz CT molecular complexity index is 567. The van der Waals surface area contributed by atoms with E-state index in [9.17, 15) is 4.79 Å². The maximum atomic E-state index is 10.5. The highest BCUT2D eigenvalue weighted by molar-refractivity contribution is 9.10. The van der Waals surface area contributed by atoms with Gasteiger partial charge in [0.2, 0.25) is 0 Å². The Kier molecular flexibility index (Phi) is 4.37. The van der Waals surface area contributed by atoms with Crippen LogP contribution in [0.15, 0.2) is 28.1 Å². The molecular formula is C13H14BrNO2S. The molecule has 18 heavy (non-hydrogen) atoms. The summed E-state index contributed by atoms with van der Waals surface area (Å²) in [6, 6.07) is 5.97. The number of halogens is 1. The number of fused-ring (bicyclic) bond motifs is 1. The Morgan fingerprint density at radius 3 is 3.00 bits per heavy atom. The molecule has 2 rings (SSSR count). The van der Waals surface area contributed by atoms with Gasteiger partial charge in [0.25, 0.3) is 0 Å². The third kappa shape index (κ3) is 2.91. The average molecular weight is 328 g/mol. The van der Waals surface area contributed by atoms with Crippen molar-refractivity contribution in [2.45, 2.75) is 25.3 Å². The molecule has 0 spiro atoms. The lowest BCUT2D eigenvalue weighted by Crippen LogP contribution is -2.10. The second kappa shape index (κ2) is 5.82. The monoisotopic (exact) mass is 327 g/mol. The van der Waals surface area contributed by atoms with Gasteiger partial charge in [-0.1, -0.05) is 12.1 Å². The average Bonchev–Trinajstić information content (AvgIpc) is 2.73. The van der Waals surface area contributed by atoms with Crippen LogP contribution in [-0.2, 0) is 4.79 Å². The third-order valence-corrected chi connectivity index (χ3v) is 4.86. The predicted molar refractivity (Wildman–Crippen MR) is 77.9 cm³/mol. The molecule has 0 radical (unpaired) electrons. The fraction of sp³-hybridized carbons (Fsp3) is 0.308. The van der Waals surface area contributed by atoms with Gasteiger partial charge in [0.05, 0.1) is 0 Å². The standard InChI is InChI=1S/C13H14BrNO2S/c14-10-4-1-3-8-9(7-18-13(8)10)11(15)5-2-6-12(16)17/h1,3-4,7,11H,2,5-6,15H2,(H,16,17). The number of carboxylic acids is 1. The number of carboxylic acid groups (broad SMARTS) is 1. The molecule has 96 valence electrons. The molecule has 0 amide bonds. The molecule has 0 aliphatic heterocycles. The van der Waals surface area contributed by atoms with Gasteiger partial charge >= 0.3 is 5.97 Å². The van der Waals surface area contributed by atoms with Crippen molar-refractivity contribution >= 4 is 43.3 Å². The Balaban J connectivity index is 2.15. The summed E-state index contributed by atoms with van der Waals surface area (Å²) in [5.74, 6) is -0.764. The van der Waals surface area contributed by atoms with E-state index in [1.807, 2.05) is 12.1 Å². The number of rotatable bonds is 5. The van der Waals surface area contributed by atoms with Crippen molar-refractivity contribution in [3.63, 3.8) is 0 Å². The van der Waals surface area contributed by atoms with E-state index in [1.54, 1.807) is 11.3 Å². The number of hydrogen-bond donors (Lipinski definition) is 2. The van der Waals surface area contributed by atoms with Crippen LogP contribution in [-0.4, -0.2) is 11.1 Å². The van der Waals surface area contributed by atoms with Gasteiger partial charge < -0.3 is 10.8 Å². The molecule has 2 aromatic rings. The van der Waals surface area contributed by atoms with E-state index in [2.05, 4.69) is 27.4 Å². The third-order valence-electron chi connectivity index (χ3n) is 2.89. The van der Waals surface area contributed by atoms with Gasteiger partial charge in [-0.25, -0.2) is 0 Å². The van der Waals surface area contributed by atoms with E-state index in [0.29, 0.717) is 12.8 Å². The zero-order valence-electron chi connectivity index (χ0n) is 9.73. The number of carbonyl (C=O) groups is 1. The number of nitrogens with two attached hydrogens (primary N) is 1. The zero-order chi connectivity index (χ0) is 13.1. The first-order chi connectivity index (χ1) is 8.59. The Morgan fingerprint density at radius 2 is 2.28 bits per heavy atom. The number of benzene rings is 1. The summed E-state index contributed by atoms with van der Waals surface area (Å²) in [7, 11) is 0. The van der Waals surface area contributed by atoms with E-state index in [1.165, 1.54) is 4.70 Å². The highest BCUT2D eigenvalue weighted by Crippen LogP contribution is 2.35. The first-order valence-corrected chi connectivity index (χ1v) is 7.40. The van der Waals surface area contributed by atoms with Crippen LogP contribution in [0.1, 0.15) is 30.9 Å². The van der Waals surface area contributed by atoms with Crippen molar-refractivity contribution in [3.05, 3.63) is 33.6 Å². The fourth-order valence-corrected chi connectivity index (χ4v) is 3.64. The molecule has 1 atom stereocenters. The minimum atomic E-state index is -0.764. The lowest BCUT2D eigenvalue weighted by molar-refractivity contribution is -0.137. The summed E-state index contributed by atoms with van der Waals surface area (Å²) < 4.78 is 2.27. The minimum Gasteiger partial charge on any atom is -0.481 e. The van der Waals surface area contributed by atoms with Crippen LogP contribution < -0.4 is 5.73 Å². The quantitative estimate of drug-likeness (QED) is 0.874. The first-order valence-electron chi connectivity index (χ1n) is 5.72. The predicted octanol–water partition coefficient (Wildman–Crippen LogP) is 3.92. The second-order valence-electron chi connectivity index (χ2n) is 4.20. The highest BCUT2D eigenvalue weighted by Gasteiger charge is 2.13. The van der Waals surface area contributed by atoms with E-state index in [0.717, 1.165) is 15.4 Å². The first kappa shape index (κ1) is 13.5. The van der Waals surface area contributed by atoms with E-state index >= 15 is 0 Å². The molecule has 3 N–H and O–H groups in total. The molecule has 0 aliphatic rings. The van der Waals surface area contributed by atoms with Gasteiger partial charge in [0.1, 0.15) is 0 Å². The summed E-state index contributed by atoms with van der Waals surface area (Å²) >= 11 is 5.19. The Hall–Kier alpha value is -0.910. The molecule has 1 unspecified atom stereocenters. The van der Waals surface area contributed by atoms with Crippen molar-refractivity contribution in [1.82, 2.24) is 0 Å². The maximum absolute atomic E-state index is 10.5. The summed E-state index contributed by atoms with van der Waals surface area (Å²) in [6.45, 7) is 0. The van der Waals surface area contributed by atoms with Crippen molar-refractivity contribution in [3.8, 4) is 0 Å². The molecule has 0 saturated heterocycles. The van der Waals surface area contributed by atoms with Crippen LogP contribution in [0.5, 0.6) is 0 Å². The summed E-state index contributed by atoms with van der Waals surface area (Å²) in [5.41, 5.74) is 7.25. The number of aliphatic carboxylic acids is 1. The van der Waals surface area contributed by atoms with E-state index < -0.39 is 5.97 Å². The van der Waals surface area contributed by atoms with Crippen LogP contribution in [0.3, 0.4) is 0 Å². The summed E-state index contributed by atoms with van der Waals surface area (Å²) in [5, 5.41) is 11.9. The maximum Gasteiger partial charge on any atom is 0.303 e. The number of thiophene rings is 1. The van der Waals surface area contributed by atoms with E-state index in [4.69, 9.17) is 10.8 Å². The SMILES string of the molecule is NC(CCCC(=O)O)c1csc2c(Br)cccc12. The minimum absolute atomic E-state index is 0.0904. The molecule has 1 heterocycles. The molecule has 0 aliphatic carbocycles. The van der Waals surface area contributed by atoms with Crippen molar-refractivity contribution in [1.29, 1.82) is 0 Å². The van der Waals surface area contributed by atoms with Crippen molar-refractivity contribution < 1.29 is 9.90 Å². The largest absolute Gasteiger partial charge is 0.481 e. The summed E-state index contributed by atoms with van der Waals surface area (Å²) in [6.07, 6.45) is 1.49. The lowest BCUT2D eigenvalue weighted by Gasteiger charge is -2.10. The molecular weight excluding hydrogens is 314 g/mol. The summed E-state index contributed by atoms with van der Waals surface area (Å²) in [4.78, 5) is 10.5. The molecule has 0 fully saturated rings. The highest BCUT2D eigenvalue weighted by atomic mass is 79.9. The van der Waals surface area contributed by atoms with Crippen LogP contribution in [0.2, 0.25) is 0 Å². The molecule has 1 aromatic carbocycles. The van der Waals surface area contributed by atoms with Crippen LogP contribution in [0.25, 0.3) is 10.1 Å². The lowest BCUT2D eigenvalue weighted by atomic mass is 10.0. The van der Waals surface area contributed by atoms with Crippen molar-refractivity contribution in [2.75, 3.05) is 0 Å². The molecule has 0 bridgehead atoms. The van der Waals surface area contributed by atoms with Crippen LogP contribution in [0, 0.1) is 0 Å². The fourth-order valence-electron chi connectivity index (χ4n) is 1.96. The van der Waals surface area contributed by atoms with Gasteiger partial charge in [0, 0.05) is 21.6 Å². The van der Waals surface area contributed by atoms with Crippen LogP contribution in [0.4, 0.5) is 0 Å². The molecule has 0 saturated carbocycles. The topological polar surface area (TPSA) is 63.3 Å². The molecule has 1 aromatic heterocycles. The smallest absolute Gasteiger partial charge is 0.303 e. The van der Waals surface area contributed by atoms with E-state index in [-0.39, 0.29) is 12.5 Å². The van der Waals surface area contributed by atoms with Gasteiger partial charge in [-0.2, -0.15) is 0 Å². The van der Waals surface area contributed by atoms with Gasteiger partial charge in [-0.05, 0) is 51.2 Å². The van der Waals surface area contributed by atoms with Gasteiger partial charge in [0.15, 0.2) is 0 Å².